The molecule has 100 valence electrons. The second-order valence-electron chi connectivity index (χ2n) is 4.76. The Labute approximate surface area is 108 Å². The first-order valence-electron chi connectivity index (χ1n) is 6.16. The van der Waals surface area contributed by atoms with Gasteiger partial charge in [-0.1, -0.05) is 6.07 Å². The van der Waals surface area contributed by atoms with Gasteiger partial charge >= 0.3 is 0 Å². The quantitative estimate of drug-likeness (QED) is 0.881. The minimum Gasteiger partial charge on any atom is -0.383 e. The average molecular weight is 269 g/mol. The number of rotatable bonds is 5. The maximum atomic E-state index is 12.2. The molecule has 5 heteroatoms. The molecular weight excluding hydrogens is 250 g/mol. The molecule has 0 aliphatic heterocycles. The zero-order valence-electron chi connectivity index (χ0n) is 10.8. The highest BCUT2D eigenvalue weighted by atomic mass is 32.2. The lowest BCUT2D eigenvalue weighted by molar-refractivity contribution is 0.180. The normalized spacial score (nSPS) is 16.6. The Morgan fingerprint density at radius 1 is 1.33 bits per heavy atom. The zero-order chi connectivity index (χ0) is 13.2. The molecule has 1 aliphatic carbocycles. The van der Waals surface area contributed by atoms with Crippen LogP contribution in [0.1, 0.15) is 24.5 Å². The highest BCUT2D eigenvalue weighted by molar-refractivity contribution is 7.89. The van der Waals surface area contributed by atoms with Crippen molar-refractivity contribution in [1.29, 1.82) is 0 Å². The van der Waals surface area contributed by atoms with E-state index in [1.54, 1.807) is 26.2 Å². The lowest BCUT2D eigenvalue weighted by Crippen LogP contribution is -2.35. The van der Waals surface area contributed by atoms with Crippen molar-refractivity contribution in [1.82, 2.24) is 4.72 Å². The van der Waals surface area contributed by atoms with Crippen molar-refractivity contribution in [3.63, 3.8) is 0 Å². The second-order valence-corrected chi connectivity index (χ2v) is 6.48. The van der Waals surface area contributed by atoms with Crippen LogP contribution in [-0.4, -0.2) is 28.2 Å². The minimum atomic E-state index is -3.43. The van der Waals surface area contributed by atoms with Crippen LogP contribution < -0.4 is 4.72 Å². The van der Waals surface area contributed by atoms with Crippen molar-refractivity contribution < 1.29 is 13.2 Å². The summed E-state index contributed by atoms with van der Waals surface area (Å²) in [5, 5.41) is 0. The van der Waals surface area contributed by atoms with Crippen LogP contribution in [0.3, 0.4) is 0 Å². The Hall–Kier alpha value is -0.910. The lowest BCUT2D eigenvalue weighted by atomic mass is 10.1. The zero-order valence-corrected chi connectivity index (χ0v) is 11.6. The molecule has 1 aromatic rings. The molecular formula is C13H19NO3S. The highest BCUT2D eigenvalue weighted by Crippen LogP contribution is 2.24. The van der Waals surface area contributed by atoms with E-state index in [4.69, 9.17) is 4.74 Å². The van der Waals surface area contributed by atoms with Crippen molar-refractivity contribution >= 4 is 10.0 Å². The molecule has 2 rings (SSSR count). The summed E-state index contributed by atoms with van der Waals surface area (Å²) in [6, 6.07) is 5.18. The summed E-state index contributed by atoms with van der Waals surface area (Å²) in [5.74, 6) is 0. The fourth-order valence-electron chi connectivity index (χ4n) is 2.33. The topological polar surface area (TPSA) is 55.4 Å². The van der Waals surface area contributed by atoms with Crippen molar-refractivity contribution in [2.24, 2.45) is 0 Å². The van der Waals surface area contributed by atoms with Gasteiger partial charge in [-0.3, -0.25) is 0 Å². The molecule has 0 bridgehead atoms. The van der Waals surface area contributed by atoms with Gasteiger partial charge in [-0.15, -0.1) is 0 Å². The first-order valence-corrected chi connectivity index (χ1v) is 7.64. The van der Waals surface area contributed by atoms with Gasteiger partial charge < -0.3 is 4.74 Å². The van der Waals surface area contributed by atoms with E-state index < -0.39 is 10.0 Å². The molecule has 4 nitrogen and oxygen atoms in total. The SMILES string of the molecule is COC[C@H](C)NS(=O)(=O)c1ccc2c(c1)CCC2. The van der Waals surface area contributed by atoms with Gasteiger partial charge in [0.2, 0.25) is 10.0 Å². The molecule has 0 spiro atoms. The number of ether oxygens (including phenoxy) is 1. The standard InChI is InChI=1S/C13H19NO3S/c1-10(9-17-2)14-18(15,16)13-7-6-11-4-3-5-12(11)8-13/h6-8,10,14H,3-5,9H2,1-2H3/t10-/m0/s1. The van der Waals surface area contributed by atoms with E-state index in [9.17, 15) is 8.42 Å². The van der Waals surface area contributed by atoms with Gasteiger partial charge in [0.1, 0.15) is 0 Å². The van der Waals surface area contributed by atoms with Gasteiger partial charge in [-0.05, 0) is 49.4 Å². The summed E-state index contributed by atoms with van der Waals surface area (Å²) in [5.41, 5.74) is 2.44. The Balaban J connectivity index is 2.19. The largest absolute Gasteiger partial charge is 0.383 e. The molecule has 0 aromatic heterocycles. The number of sulfonamides is 1. The maximum absolute atomic E-state index is 12.2. The second kappa shape index (κ2) is 5.38. The molecule has 1 N–H and O–H groups in total. The highest BCUT2D eigenvalue weighted by Gasteiger charge is 2.20. The van der Waals surface area contributed by atoms with E-state index in [1.807, 2.05) is 6.07 Å². The predicted octanol–water partition coefficient (Wildman–Crippen LogP) is 1.49. The molecule has 0 fully saturated rings. The fraction of sp³-hybridized carbons (Fsp3) is 0.538. The Kier molecular flexibility index (Phi) is 4.04. The van der Waals surface area contributed by atoms with E-state index in [0.29, 0.717) is 11.5 Å². The summed E-state index contributed by atoms with van der Waals surface area (Å²) >= 11 is 0. The monoisotopic (exact) mass is 269 g/mol. The van der Waals surface area contributed by atoms with Crippen LogP contribution in [0.25, 0.3) is 0 Å². The van der Waals surface area contributed by atoms with E-state index >= 15 is 0 Å². The lowest BCUT2D eigenvalue weighted by Gasteiger charge is -2.13. The number of hydrogen-bond acceptors (Lipinski definition) is 3. The first-order chi connectivity index (χ1) is 8.53. The smallest absolute Gasteiger partial charge is 0.240 e. The van der Waals surface area contributed by atoms with E-state index in [0.717, 1.165) is 24.8 Å². The van der Waals surface area contributed by atoms with Crippen molar-refractivity contribution in [3.8, 4) is 0 Å². The Morgan fingerprint density at radius 3 is 2.78 bits per heavy atom. The summed E-state index contributed by atoms with van der Waals surface area (Å²) in [6.07, 6.45) is 3.15. The van der Waals surface area contributed by atoms with Crippen molar-refractivity contribution in [2.75, 3.05) is 13.7 Å². The fourth-order valence-corrected chi connectivity index (χ4v) is 3.61. The Morgan fingerprint density at radius 2 is 2.06 bits per heavy atom. The van der Waals surface area contributed by atoms with Crippen LogP contribution in [0.4, 0.5) is 0 Å². The van der Waals surface area contributed by atoms with E-state index in [-0.39, 0.29) is 6.04 Å². The third kappa shape index (κ3) is 2.91. The third-order valence-corrected chi connectivity index (χ3v) is 4.74. The predicted molar refractivity (Wildman–Crippen MR) is 70.1 cm³/mol. The summed E-state index contributed by atoms with van der Waals surface area (Å²) in [6.45, 7) is 2.15. The van der Waals surface area contributed by atoms with Crippen LogP contribution in [0, 0.1) is 0 Å². The van der Waals surface area contributed by atoms with Crippen LogP contribution in [0.15, 0.2) is 23.1 Å². The number of hydrogen-bond donors (Lipinski definition) is 1. The van der Waals surface area contributed by atoms with Crippen LogP contribution in [-0.2, 0) is 27.6 Å². The van der Waals surface area contributed by atoms with E-state index in [2.05, 4.69) is 4.72 Å². The summed E-state index contributed by atoms with van der Waals surface area (Å²) in [7, 11) is -1.88. The van der Waals surface area contributed by atoms with Gasteiger partial charge in [0, 0.05) is 13.2 Å². The molecule has 18 heavy (non-hydrogen) atoms. The molecule has 0 unspecified atom stereocenters. The average Bonchev–Trinajstić information content (AvgIpc) is 2.75. The summed E-state index contributed by atoms with van der Waals surface area (Å²) in [4.78, 5) is 0.353. The molecule has 1 atom stereocenters. The van der Waals surface area contributed by atoms with Gasteiger partial charge in [0.25, 0.3) is 0 Å². The van der Waals surface area contributed by atoms with Crippen molar-refractivity contribution in [3.05, 3.63) is 29.3 Å². The molecule has 0 radical (unpaired) electrons. The Bertz CT molecular complexity index is 525. The van der Waals surface area contributed by atoms with Crippen LogP contribution in [0.5, 0.6) is 0 Å². The third-order valence-electron chi connectivity index (χ3n) is 3.15. The van der Waals surface area contributed by atoms with Crippen LogP contribution >= 0.6 is 0 Å². The van der Waals surface area contributed by atoms with Gasteiger partial charge in [0.15, 0.2) is 0 Å². The number of aryl methyl sites for hydroxylation is 2. The van der Waals surface area contributed by atoms with Gasteiger partial charge in [-0.2, -0.15) is 0 Å². The number of methoxy groups -OCH3 is 1. The summed E-state index contributed by atoms with van der Waals surface area (Å²) < 4.78 is 31.8. The van der Waals surface area contributed by atoms with Gasteiger partial charge in [0.05, 0.1) is 11.5 Å². The molecule has 0 heterocycles. The van der Waals surface area contributed by atoms with Gasteiger partial charge in [-0.25, -0.2) is 13.1 Å². The number of fused-ring (bicyclic) bond motifs is 1. The molecule has 0 saturated heterocycles. The number of benzene rings is 1. The van der Waals surface area contributed by atoms with Crippen LogP contribution in [0.2, 0.25) is 0 Å². The maximum Gasteiger partial charge on any atom is 0.240 e. The molecule has 0 saturated carbocycles. The first kappa shape index (κ1) is 13.5. The minimum absolute atomic E-state index is 0.228. The number of nitrogens with one attached hydrogen (secondary N) is 1. The van der Waals surface area contributed by atoms with Crippen molar-refractivity contribution in [2.45, 2.75) is 37.1 Å². The van der Waals surface area contributed by atoms with E-state index in [1.165, 1.54) is 5.56 Å². The molecule has 1 aliphatic rings. The molecule has 0 amide bonds. The molecule has 1 aromatic carbocycles.